The third kappa shape index (κ3) is 4.45. The molecule has 8 atom stereocenters. The number of carbonyl (C=O) groups excluding carboxylic acids is 1. The molecule has 42 heavy (non-hydrogen) atoms. The van der Waals surface area contributed by atoms with Gasteiger partial charge in [-0.3, -0.25) is 0 Å². The molecule has 0 saturated heterocycles. The van der Waals surface area contributed by atoms with E-state index in [2.05, 4.69) is 61.5 Å². The quantitative estimate of drug-likeness (QED) is 0.223. The molecule has 3 heteroatoms. The summed E-state index contributed by atoms with van der Waals surface area (Å²) >= 11 is 0. The van der Waals surface area contributed by atoms with Gasteiger partial charge < -0.3 is 9.84 Å². The van der Waals surface area contributed by atoms with E-state index in [1.54, 1.807) is 36.4 Å². The molecule has 4 saturated carbocycles. The van der Waals surface area contributed by atoms with Gasteiger partial charge in [-0.15, -0.1) is 0 Å². The molecule has 0 radical (unpaired) electrons. The second kappa shape index (κ2) is 9.73. The van der Waals surface area contributed by atoms with Gasteiger partial charge in [0.2, 0.25) is 0 Å². The third-order valence-electron chi connectivity index (χ3n) is 14.6. The first-order chi connectivity index (χ1) is 19.5. The first kappa shape index (κ1) is 30.0. The molecular weight excluding hydrogens is 516 g/mol. The van der Waals surface area contributed by atoms with Gasteiger partial charge in [-0.1, -0.05) is 79.2 Å². The van der Waals surface area contributed by atoms with E-state index in [0.29, 0.717) is 28.1 Å². The third-order valence-corrected chi connectivity index (χ3v) is 14.6. The van der Waals surface area contributed by atoms with Gasteiger partial charge in [0.1, 0.15) is 11.9 Å². The number of aromatic hydroxyl groups is 1. The molecule has 3 nitrogen and oxygen atoms in total. The number of hydrogen-bond donors (Lipinski definition) is 1. The van der Waals surface area contributed by atoms with Gasteiger partial charge in [-0.25, -0.2) is 4.79 Å². The van der Waals surface area contributed by atoms with Crippen LogP contribution in [0.2, 0.25) is 0 Å². The van der Waals surface area contributed by atoms with Gasteiger partial charge in [0.25, 0.3) is 0 Å². The molecule has 0 aliphatic heterocycles. The average molecular weight is 573 g/mol. The van der Waals surface area contributed by atoms with Crippen molar-refractivity contribution in [3.8, 4) is 5.75 Å². The van der Waals surface area contributed by atoms with E-state index < -0.39 is 0 Å². The molecule has 1 aromatic rings. The van der Waals surface area contributed by atoms with Crippen molar-refractivity contribution in [3.05, 3.63) is 47.6 Å². The Kier molecular flexibility index (Phi) is 6.96. The largest absolute Gasteiger partial charge is 0.508 e. The number of rotatable bonds is 3. The Balaban J connectivity index is 1.24. The number of esters is 1. The topological polar surface area (TPSA) is 46.5 Å². The van der Waals surface area contributed by atoms with Crippen molar-refractivity contribution < 1.29 is 14.6 Å². The summed E-state index contributed by atoms with van der Waals surface area (Å²) in [6.07, 6.45) is 18.7. The van der Waals surface area contributed by atoms with Crippen molar-refractivity contribution in [1.29, 1.82) is 0 Å². The maximum Gasteiger partial charge on any atom is 0.331 e. The first-order valence-electron chi connectivity index (χ1n) is 16.9. The van der Waals surface area contributed by atoms with E-state index in [0.717, 1.165) is 24.3 Å². The first-order valence-corrected chi connectivity index (χ1v) is 16.9. The predicted molar refractivity (Wildman–Crippen MR) is 172 cm³/mol. The monoisotopic (exact) mass is 572 g/mol. The van der Waals surface area contributed by atoms with Crippen molar-refractivity contribution in [2.75, 3.05) is 0 Å². The lowest BCUT2D eigenvalue weighted by atomic mass is 9.33. The number of benzene rings is 1. The van der Waals surface area contributed by atoms with Gasteiger partial charge in [0.15, 0.2) is 0 Å². The highest BCUT2D eigenvalue weighted by molar-refractivity contribution is 5.87. The summed E-state index contributed by atoms with van der Waals surface area (Å²) < 4.78 is 6.22. The van der Waals surface area contributed by atoms with Crippen molar-refractivity contribution in [3.63, 3.8) is 0 Å². The smallest absolute Gasteiger partial charge is 0.331 e. The number of fused-ring (bicyclic) bond motifs is 7. The Labute approximate surface area is 255 Å². The van der Waals surface area contributed by atoms with E-state index in [4.69, 9.17) is 4.74 Å². The van der Waals surface area contributed by atoms with Crippen molar-refractivity contribution in [1.82, 2.24) is 0 Å². The second-order valence-corrected chi connectivity index (χ2v) is 17.6. The minimum absolute atomic E-state index is 0.0676. The molecule has 4 fully saturated rings. The van der Waals surface area contributed by atoms with Crippen LogP contribution in [-0.4, -0.2) is 17.2 Å². The number of carbonyl (C=O) groups is 1. The Morgan fingerprint density at radius 3 is 2.26 bits per heavy atom. The number of phenolic OH excluding ortho intramolecular Hbond substituents is 1. The van der Waals surface area contributed by atoms with Crippen LogP contribution < -0.4 is 0 Å². The summed E-state index contributed by atoms with van der Waals surface area (Å²) in [5, 5.41) is 9.54. The van der Waals surface area contributed by atoms with E-state index >= 15 is 0 Å². The Morgan fingerprint density at radius 2 is 1.55 bits per heavy atom. The maximum absolute atomic E-state index is 13.0. The van der Waals surface area contributed by atoms with Crippen LogP contribution >= 0.6 is 0 Å². The fourth-order valence-corrected chi connectivity index (χ4v) is 11.6. The van der Waals surface area contributed by atoms with Crippen LogP contribution in [0.1, 0.15) is 125 Å². The lowest BCUT2D eigenvalue weighted by molar-refractivity contribution is -0.210. The average Bonchev–Trinajstić information content (AvgIpc) is 2.91. The fraction of sp³-hybridized carbons (Fsp3) is 0.718. The van der Waals surface area contributed by atoms with Crippen LogP contribution in [0.25, 0.3) is 6.08 Å². The van der Waals surface area contributed by atoms with E-state index in [9.17, 15) is 9.90 Å². The number of phenols is 1. The summed E-state index contributed by atoms with van der Waals surface area (Å²) in [4.78, 5) is 13.0. The maximum atomic E-state index is 13.0. The Morgan fingerprint density at radius 1 is 0.857 bits per heavy atom. The molecule has 0 aromatic heterocycles. The van der Waals surface area contributed by atoms with Crippen LogP contribution in [0.3, 0.4) is 0 Å². The van der Waals surface area contributed by atoms with E-state index in [-0.39, 0.29) is 34.1 Å². The second-order valence-electron chi connectivity index (χ2n) is 17.6. The lowest BCUT2D eigenvalue weighted by Crippen LogP contribution is -2.64. The molecule has 5 aliphatic carbocycles. The van der Waals surface area contributed by atoms with Crippen LogP contribution in [0.5, 0.6) is 5.75 Å². The van der Waals surface area contributed by atoms with Gasteiger partial charge >= 0.3 is 5.97 Å². The lowest BCUT2D eigenvalue weighted by Gasteiger charge is -2.71. The normalized spacial score (nSPS) is 43.8. The predicted octanol–water partition coefficient (Wildman–Crippen LogP) is 10.1. The zero-order valence-corrected chi connectivity index (χ0v) is 27.7. The zero-order chi connectivity index (χ0) is 30.3. The minimum Gasteiger partial charge on any atom is -0.508 e. The molecule has 0 heterocycles. The van der Waals surface area contributed by atoms with Gasteiger partial charge in [0.05, 0.1) is 0 Å². The highest BCUT2D eigenvalue weighted by Crippen LogP contribution is 2.75. The highest BCUT2D eigenvalue weighted by atomic mass is 16.5. The van der Waals surface area contributed by atoms with Crippen LogP contribution in [0, 0.1) is 50.2 Å². The minimum atomic E-state index is -0.260. The van der Waals surface area contributed by atoms with Crippen molar-refractivity contribution in [2.24, 2.45) is 50.2 Å². The highest BCUT2D eigenvalue weighted by Gasteiger charge is 2.68. The SMILES string of the molecule is CC1(C)CC[C@]2(C)CC[C@]3(C)C(=CC[C@@H]4[C@@]5(C)CC[C@H](OC(=O)/C=C\c6ccc(O)cc6)C(C)(C)[C@@H]5CC[C@]43C)[C@H]2C1. The zero-order valence-electron chi connectivity index (χ0n) is 27.7. The molecule has 230 valence electrons. The number of allylic oxidation sites excluding steroid dienone is 2. The molecule has 1 aromatic carbocycles. The molecule has 6 rings (SSSR count). The van der Waals surface area contributed by atoms with Crippen LogP contribution in [-0.2, 0) is 9.53 Å². The van der Waals surface area contributed by atoms with E-state index in [1.165, 1.54) is 51.4 Å². The fourth-order valence-electron chi connectivity index (χ4n) is 11.6. The van der Waals surface area contributed by atoms with Gasteiger partial charge in [0, 0.05) is 11.5 Å². The summed E-state index contributed by atoms with van der Waals surface area (Å²) in [5.74, 6) is 1.91. The Bertz CT molecular complexity index is 1280. The molecule has 0 spiro atoms. The number of hydrogen-bond acceptors (Lipinski definition) is 3. The molecule has 0 unspecified atom stereocenters. The van der Waals surface area contributed by atoms with Crippen molar-refractivity contribution in [2.45, 2.75) is 126 Å². The summed E-state index contributed by atoms with van der Waals surface area (Å²) in [7, 11) is 0. The van der Waals surface area contributed by atoms with Crippen molar-refractivity contribution >= 4 is 12.0 Å². The van der Waals surface area contributed by atoms with Gasteiger partial charge in [-0.05, 0) is 133 Å². The molecule has 5 aliphatic rings. The standard InChI is InChI=1S/C39H56O3/c1-34(2)21-22-36(5)23-24-38(7)28(29(36)25-34)14-15-31-37(6)19-18-32(35(3,4)30(37)17-20-39(31,38)8)42-33(41)16-11-26-9-12-27(40)13-10-26/h9-14,16,29-32,40H,15,17-25H2,1-8H3/b16-11-/t29-,30+,31-,32+,36-,37+,38-,39-/m1/s1. The molecule has 1 N–H and O–H groups in total. The molecular formula is C39H56O3. The molecule has 0 bridgehead atoms. The Hall–Kier alpha value is -2.03. The number of ether oxygens (including phenoxy) is 1. The molecule has 0 amide bonds. The summed E-state index contributed by atoms with van der Waals surface area (Å²) in [6, 6.07) is 6.89. The van der Waals surface area contributed by atoms with Crippen LogP contribution in [0.4, 0.5) is 0 Å². The summed E-state index contributed by atoms with van der Waals surface area (Å²) in [6.45, 7) is 20.4. The summed E-state index contributed by atoms with van der Waals surface area (Å²) in [5.41, 5.74) is 4.43. The van der Waals surface area contributed by atoms with Crippen LogP contribution in [0.15, 0.2) is 42.0 Å². The van der Waals surface area contributed by atoms with E-state index in [1.807, 2.05) is 5.57 Å². The van der Waals surface area contributed by atoms with Gasteiger partial charge in [-0.2, -0.15) is 0 Å².